The maximum atomic E-state index is 12.5. The van der Waals surface area contributed by atoms with Gasteiger partial charge in [-0.15, -0.1) is 0 Å². The third-order valence-corrected chi connectivity index (χ3v) is 4.50. The second-order valence-corrected chi connectivity index (χ2v) is 6.64. The van der Waals surface area contributed by atoms with Gasteiger partial charge in [-0.25, -0.2) is 0 Å². The molecule has 0 heterocycles. The summed E-state index contributed by atoms with van der Waals surface area (Å²) in [6, 6.07) is 12.5. The van der Waals surface area contributed by atoms with Crippen LogP contribution in [-0.2, 0) is 4.79 Å². The third kappa shape index (κ3) is 6.37. The fourth-order valence-corrected chi connectivity index (χ4v) is 2.90. The average molecular weight is 411 g/mol. The predicted molar refractivity (Wildman–Crippen MR) is 120 cm³/mol. The van der Waals surface area contributed by atoms with Gasteiger partial charge in [0.2, 0.25) is 5.91 Å². The van der Waals surface area contributed by atoms with Crippen molar-refractivity contribution in [3.05, 3.63) is 59.7 Å². The second-order valence-electron chi connectivity index (χ2n) is 6.64. The van der Waals surface area contributed by atoms with Crippen LogP contribution in [0.25, 0.3) is 6.08 Å². The van der Waals surface area contributed by atoms with E-state index in [1.807, 2.05) is 39.0 Å². The van der Waals surface area contributed by atoms with Crippen molar-refractivity contribution in [3.63, 3.8) is 0 Å². The molecule has 0 fully saturated rings. The number of benzene rings is 2. The van der Waals surface area contributed by atoms with Gasteiger partial charge in [-0.3, -0.25) is 9.59 Å². The maximum Gasteiger partial charge on any atom is 0.253 e. The summed E-state index contributed by atoms with van der Waals surface area (Å²) in [4.78, 5) is 26.6. The van der Waals surface area contributed by atoms with Gasteiger partial charge >= 0.3 is 0 Å². The molecule has 0 aliphatic carbocycles. The highest BCUT2D eigenvalue weighted by atomic mass is 16.5. The van der Waals surface area contributed by atoms with E-state index in [0.29, 0.717) is 42.4 Å². The minimum atomic E-state index is -0.285. The van der Waals surface area contributed by atoms with Gasteiger partial charge < -0.3 is 19.7 Å². The van der Waals surface area contributed by atoms with E-state index in [9.17, 15) is 9.59 Å². The summed E-state index contributed by atoms with van der Waals surface area (Å²) < 4.78 is 11.0. The highest BCUT2D eigenvalue weighted by Gasteiger charge is 2.13. The van der Waals surface area contributed by atoms with Crippen LogP contribution in [0.3, 0.4) is 0 Å². The van der Waals surface area contributed by atoms with Gasteiger partial charge in [0.05, 0.1) is 13.7 Å². The summed E-state index contributed by atoms with van der Waals surface area (Å²) in [6.07, 6.45) is 4.05. The first-order valence-electron chi connectivity index (χ1n) is 10.2. The Morgan fingerprint density at radius 2 is 1.80 bits per heavy atom. The molecular formula is C24H30N2O4. The van der Waals surface area contributed by atoms with E-state index in [2.05, 4.69) is 5.32 Å². The molecule has 0 unspecified atom stereocenters. The van der Waals surface area contributed by atoms with Crippen LogP contribution >= 0.6 is 0 Å². The van der Waals surface area contributed by atoms with Crippen molar-refractivity contribution in [1.29, 1.82) is 0 Å². The van der Waals surface area contributed by atoms with Crippen LogP contribution in [0.15, 0.2) is 48.5 Å². The first-order chi connectivity index (χ1) is 14.5. The van der Waals surface area contributed by atoms with Crippen molar-refractivity contribution < 1.29 is 19.1 Å². The Hall–Kier alpha value is -3.28. The van der Waals surface area contributed by atoms with E-state index >= 15 is 0 Å². The number of carbonyl (C=O) groups is 2. The predicted octanol–water partition coefficient (Wildman–Crippen LogP) is 4.62. The Labute approximate surface area is 178 Å². The highest BCUT2D eigenvalue weighted by molar-refractivity contribution is 6.03. The summed E-state index contributed by atoms with van der Waals surface area (Å²) in [7, 11) is 1.58. The van der Waals surface area contributed by atoms with Crippen molar-refractivity contribution in [3.8, 4) is 11.5 Å². The van der Waals surface area contributed by atoms with Crippen molar-refractivity contribution in [2.24, 2.45) is 0 Å². The molecule has 0 saturated carbocycles. The Morgan fingerprint density at radius 1 is 1.03 bits per heavy atom. The minimum absolute atomic E-state index is 0.0517. The highest BCUT2D eigenvalue weighted by Crippen LogP contribution is 2.28. The lowest BCUT2D eigenvalue weighted by molar-refractivity contribution is -0.111. The molecule has 6 nitrogen and oxygen atoms in total. The molecule has 0 atom stereocenters. The molecule has 0 aliphatic rings. The molecule has 0 bridgehead atoms. The molecule has 2 aromatic rings. The number of nitrogens with zero attached hydrogens (tertiary/aromatic N) is 1. The molecule has 0 saturated heterocycles. The Kier molecular flexibility index (Phi) is 8.94. The van der Waals surface area contributed by atoms with E-state index in [-0.39, 0.29) is 11.8 Å². The molecule has 0 aromatic heterocycles. The van der Waals surface area contributed by atoms with Crippen LogP contribution in [0.2, 0.25) is 0 Å². The zero-order valence-corrected chi connectivity index (χ0v) is 18.1. The lowest BCUT2D eigenvalue weighted by atomic mass is 10.1. The fraction of sp³-hybridized carbons (Fsp3) is 0.333. The zero-order chi connectivity index (χ0) is 21.9. The Morgan fingerprint density at radius 3 is 2.47 bits per heavy atom. The van der Waals surface area contributed by atoms with Gasteiger partial charge in [-0.1, -0.05) is 19.1 Å². The molecule has 160 valence electrons. The molecule has 0 spiro atoms. The van der Waals surface area contributed by atoms with Gasteiger partial charge in [-0.05, 0) is 62.2 Å². The van der Waals surface area contributed by atoms with Gasteiger partial charge in [0, 0.05) is 30.4 Å². The molecular weight excluding hydrogens is 380 g/mol. The molecule has 0 aliphatic heterocycles. The lowest BCUT2D eigenvalue weighted by Gasteiger charge is -2.18. The van der Waals surface area contributed by atoms with E-state index in [1.165, 1.54) is 6.08 Å². The Bertz CT molecular complexity index is 889. The normalized spacial score (nSPS) is 10.7. The number of carbonyl (C=O) groups excluding carboxylic acids is 2. The number of anilines is 1. The number of hydrogen-bond acceptors (Lipinski definition) is 4. The lowest BCUT2D eigenvalue weighted by Crippen LogP contribution is -2.30. The molecule has 6 heteroatoms. The zero-order valence-electron chi connectivity index (χ0n) is 18.1. The van der Waals surface area contributed by atoms with Gasteiger partial charge in [0.1, 0.15) is 0 Å². The molecule has 2 aromatic carbocycles. The summed E-state index contributed by atoms with van der Waals surface area (Å²) in [5.41, 5.74) is 1.94. The third-order valence-electron chi connectivity index (χ3n) is 4.50. The second kappa shape index (κ2) is 11.7. The van der Waals surface area contributed by atoms with Crippen molar-refractivity contribution >= 4 is 23.6 Å². The van der Waals surface area contributed by atoms with E-state index in [4.69, 9.17) is 9.47 Å². The fourth-order valence-electron chi connectivity index (χ4n) is 2.90. The van der Waals surface area contributed by atoms with E-state index in [1.54, 1.807) is 42.4 Å². The van der Waals surface area contributed by atoms with Gasteiger partial charge in [0.25, 0.3) is 5.91 Å². The SMILES string of the molecule is CCCOc1ccc(/C=C/C(=O)Nc2cccc(C(=O)N(CC)CC)c2)cc1OC. The van der Waals surface area contributed by atoms with Gasteiger partial charge in [0.15, 0.2) is 11.5 Å². The summed E-state index contributed by atoms with van der Waals surface area (Å²) in [6.45, 7) is 7.81. The van der Waals surface area contributed by atoms with Gasteiger partial charge in [-0.2, -0.15) is 0 Å². The minimum Gasteiger partial charge on any atom is -0.493 e. The average Bonchev–Trinajstić information content (AvgIpc) is 2.77. The number of ether oxygens (including phenoxy) is 2. The van der Waals surface area contributed by atoms with Crippen LogP contribution in [-0.4, -0.2) is 43.5 Å². The van der Waals surface area contributed by atoms with Crippen LogP contribution in [0.1, 0.15) is 43.1 Å². The standard InChI is InChI=1S/C24H30N2O4/c1-5-15-30-21-13-11-18(16-22(21)29-4)12-14-23(27)25-20-10-8-9-19(17-20)24(28)26(6-2)7-3/h8-14,16-17H,5-7,15H2,1-4H3,(H,25,27)/b14-12+. The van der Waals surface area contributed by atoms with E-state index in [0.717, 1.165) is 12.0 Å². The molecule has 1 N–H and O–H groups in total. The monoisotopic (exact) mass is 410 g/mol. The van der Waals surface area contributed by atoms with Crippen LogP contribution in [0.5, 0.6) is 11.5 Å². The summed E-state index contributed by atoms with van der Waals surface area (Å²) >= 11 is 0. The number of methoxy groups -OCH3 is 1. The van der Waals surface area contributed by atoms with Crippen molar-refractivity contribution in [1.82, 2.24) is 4.90 Å². The number of rotatable bonds is 10. The quantitative estimate of drug-likeness (QED) is 0.581. The first kappa shape index (κ1) is 23.0. The number of nitrogens with one attached hydrogen (secondary N) is 1. The maximum absolute atomic E-state index is 12.5. The molecule has 2 amide bonds. The largest absolute Gasteiger partial charge is 0.493 e. The first-order valence-corrected chi connectivity index (χ1v) is 10.2. The van der Waals surface area contributed by atoms with Crippen LogP contribution in [0, 0.1) is 0 Å². The smallest absolute Gasteiger partial charge is 0.253 e. The summed E-state index contributed by atoms with van der Waals surface area (Å²) in [5, 5.41) is 2.80. The topological polar surface area (TPSA) is 67.9 Å². The van der Waals surface area contributed by atoms with Crippen LogP contribution in [0.4, 0.5) is 5.69 Å². The molecule has 30 heavy (non-hydrogen) atoms. The van der Waals surface area contributed by atoms with Crippen molar-refractivity contribution in [2.45, 2.75) is 27.2 Å². The number of amides is 2. The Balaban J connectivity index is 2.06. The molecule has 2 rings (SSSR count). The summed E-state index contributed by atoms with van der Waals surface area (Å²) in [5.74, 6) is 0.959. The number of hydrogen-bond donors (Lipinski definition) is 1. The molecule has 0 radical (unpaired) electrons. The van der Waals surface area contributed by atoms with E-state index < -0.39 is 0 Å². The van der Waals surface area contributed by atoms with Crippen molar-refractivity contribution in [2.75, 3.05) is 32.1 Å². The van der Waals surface area contributed by atoms with Crippen LogP contribution < -0.4 is 14.8 Å².